The van der Waals surface area contributed by atoms with Crippen molar-refractivity contribution in [3.05, 3.63) is 71.9 Å². The average molecular weight is 393 g/mol. The number of carbonyl (C=O) groups excluding carboxylic acids is 2. The molecule has 29 heavy (non-hydrogen) atoms. The Balaban J connectivity index is 2.06. The number of methoxy groups -OCH3 is 1. The van der Waals surface area contributed by atoms with E-state index in [1.165, 1.54) is 14.0 Å². The van der Waals surface area contributed by atoms with E-state index in [-0.39, 0.29) is 5.56 Å². The highest BCUT2D eigenvalue weighted by atomic mass is 16.5. The molecule has 1 aromatic heterocycles. The van der Waals surface area contributed by atoms with Crippen LogP contribution in [0.15, 0.2) is 60.8 Å². The Morgan fingerprint density at radius 1 is 1.10 bits per heavy atom. The molecule has 3 aromatic rings. The lowest BCUT2D eigenvalue weighted by molar-refractivity contribution is -0.145. The Bertz CT molecular complexity index is 1010. The van der Waals surface area contributed by atoms with Crippen molar-refractivity contribution in [2.24, 2.45) is 0 Å². The van der Waals surface area contributed by atoms with Gasteiger partial charge >= 0.3 is 5.97 Å². The predicted molar refractivity (Wildman–Crippen MR) is 109 cm³/mol. The third-order valence-electron chi connectivity index (χ3n) is 4.60. The minimum atomic E-state index is -1.18. The van der Waals surface area contributed by atoms with Crippen LogP contribution in [-0.4, -0.2) is 46.0 Å². The molecule has 2 atom stereocenters. The molecule has 7 heteroatoms. The van der Waals surface area contributed by atoms with Crippen LogP contribution in [0.3, 0.4) is 0 Å². The summed E-state index contributed by atoms with van der Waals surface area (Å²) in [6, 6.07) is 15.8. The van der Waals surface area contributed by atoms with Gasteiger partial charge in [0.15, 0.2) is 6.04 Å². The van der Waals surface area contributed by atoms with Crippen molar-refractivity contribution in [2.75, 3.05) is 7.11 Å². The van der Waals surface area contributed by atoms with Gasteiger partial charge in [0.1, 0.15) is 5.69 Å². The SMILES string of the molecule is COC(=O)[C@H](NC(=O)c1cn(-c2ccccc2)nc1-c1ccccc1C)[C@H](C)O. The molecule has 0 aliphatic carbocycles. The van der Waals surface area contributed by atoms with Crippen LogP contribution in [-0.2, 0) is 9.53 Å². The molecule has 0 saturated carbocycles. The van der Waals surface area contributed by atoms with E-state index in [2.05, 4.69) is 15.2 Å². The van der Waals surface area contributed by atoms with Gasteiger partial charge in [-0.25, -0.2) is 9.48 Å². The highest BCUT2D eigenvalue weighted by molar-refractivity contribution is 6.02. The summed E-state index contributed by atoms with van der Waals surface area (Å²) in [5.74, 6) is -1.25. The first-order valence-corrected chi connectivity index (χ1v) is 9.20. The Kier molecular flexibility index (Phi) is 6.09. The van der Waals surface area contributed by atoms with Crippen molar-refractivity contribution >= 4 is 11.9 Å². The Hall–Kier alpha value is -3.45. The number of aliphatic hydroxyl groups is 1. The molecular formula is C22H23N3O4. The van der Waals surface area contributed by atoms with Crippen molar-refractivity contribution in [2.45, 2.75) is 26.0 Å². The van der Waals surface area contributed by atoms with Gasteiger partial charge in [0, 0.05) is 11.8 Å². The van der Waals surface area contributed by atoms with Crippen LogP contribution < -0.4 is 5.32 Å². The second-order valence-corrected chi connectivity index (χ2v) is 6.70. The maximum absolute atomic E-state index is 13.0. The zero-order chi connectivity index (χ0) is 21.0. The highest BCUT2D eigenvalue weighted by Crippen LogP contribution is 2.26. The first kappa shape index (κ1) is 20.3. The number of hydrogen-bond donors (Lipinski definition) is 2. The van der Waals surface area contributed by atoms with E-state index in [0.717, 1.165) is 16.8 Å². The van der Waals surface area contributed by atoms with Crippen LogP contribution in [0.1, 0.15) is 22.8 Å². The largest absolute Gasteiger partial charge is 0.467 e. The number of aryl methyl sites for hydroxylation is 1. The molecule has 0 aliphatic rings. The predicted octanol–water partition coefficient (Wildman–Crippen LogP) is 2.50. The Morgan fingerprint density at radius 2 is 1.76 bits per heavy atom. The van der Waals surface area contributed by atoms with Crippen LogP contribution >= 0.6 is 0 Å². The number of aliphatic hydroxyl groups excluding tert-OH is 1. The standard InChI is InChI=1S/C22H23N3O4/c1-14-9-7-8-12-17(14)20-18(13-25(24-20)16-10-5-4-6-11-16)21(27)23-19(15(2)26)22(28)29-3/h4-13,15,19,26H,1-3H3,(H,23,27)/t15-,19+/m0/s1. The smallest absolute Gasteiger partial charge is 0.331 e. The van der Waals surface area contributed by atoms with Gasteiger partial charge in [-0.05, 0) is 31.5 Å². The summed E-state index contributed by atoms with van der Waals surface area (Å²) in [7, 11) is 1.20. The molecule has 2 aromatic carbocycles. The van der Waals surface area contributed by atoms with Crippen molar-refractivity contribution < 1.29 is 19.4 Å². The lowest BCUT2D eigenvalue weighted by Gasteiger charge is -2.18. The van der Waals surface area contributed by atoms with E-state index in [1.54, 1.807) is 10.9 Å². The van der Waals surface area contributed by atoms with Crippen LogP contribution in [0, 0.1) is 6.92 Å². The van der Waals surface area contributed by atoms with Crippen LogP contribution in [0.5, 0.6) is 0 Å². The lowest BCUT2D eigenvalue weighted by Crippen LogP contribution is -2.48. The summed E-state index contributed by atoms with van der Waals surface area (Å²) in [4.78, 5) is 25.0. The van der Waals surface area contributed by atoms with Gasteiger partial charge in [-0.15, -0.1) is 0 Å². The lowest BCUT2D eigenvalue weighted by atomic mass is 10.0. The monoisotopic (exact) mass is 393 g/mol. The number of ether oxygens (including phenoxy) is 1. The maximum Gasteiger partial charge on any atom is 0.331 e. The fourth-order valence-corrected chi connectivity index (χ4v) is 3.01. The van der Waals surface area contributed by atoms with Gasteiger partial charge < -0.3 is 15.2 Å². The summed E-state index contributed by atoms with van der Waals surface area (Å²) in [5, 5.41) is 17.1. The van der Waals surface area contributed by atoms with Crippen molar-refractivity contribution in [3.63, 3.8) is 0 Å². The second kappa shape index (κ2) is 8.70. The minimum Gasteiger partial charge on any atom is -0.467 e. The number of nitrogens with one attached hydrogen (secondary N) is 1. The zero-order valence-corrected chi connectivity index (χ0v) is 16.5. The first-order valence-electron chi connectivity index (χ1n) is 9.20. The van der Waals surface area contributed by atoms with Gasteiger partial charge in [-0.3, -0.25) is 4.79 Å². The number of rotatable bonds is 6. The summed E-state index contributed by atoms with van der Waals surface area (Å²) in [6.07, 6.45) is 0.500. The minimum absolute atomic E-state index is 0.290. The Labute approximate surface area is 168 Å². The van der Waals surface area contributed by atoms with E-state index < -0.39 is 24.0 Å². The van der Waals surface area contributed by atoms with Crippen molar-refractivity contribution in [3.8, 4) is 16.9 Å². The molecule has 0 radical (unpaired) electrons. The van der Waals surface area contributed by atoms with E-state index in [1.807, 2.05) is 61.5 Å². The number of amides is 1. The quantitative estimate of drug-likeness (QED) is 0.628. The molecule has 1 amide bonds. The van der Waals surface area contributed by atoms with E-state index in [0.29, 0.717) is 5.69 Å². The van der Waals surface area contributed by atoms with Crippen LogP contribution in [0.2, 0.25) is 0 Å². The molecule has 3 rings (SSSR count). The molecule has 7 nitrogen and oxygen atoms in total. The fourth-order valence-electron chi connectivity index (χ4n) is 3.01. The summed E-state index contributed by atoms with van der Waals surface area (Å²) in [5.41, 5.74) is 3.33. The molecule has 0 bridgehead atoms. The summed E-state index contributed by atoms with van der Waals surface area (Å²) < 4.78 is 6.30. The molecule has 0 aliphatic heterocycles. The number of esters is 1. The summed E-state index contributed by atoms with van der Waals surface area (Å²) >= 11 is 0. The third kappa shape index (κ3) is 4.35. The average Bonchev–Trinajstić information content (AvgIpc) is 3.17. The number of carbonyl (C=O) groups is 2. The van der Waals surface area contributed by atoms with Crippen LogP contribution in [0.25, 0.3) is 16.9 Å². The number of nitrogens with zero attached hydrogens (tertiary/aromatic N) is 2. The van der Waals surface area contributed by atoms with E-state index in [9.17, 15) is 14.7 Å². The molecule has 150 valence electrons. The van der Waals surface area contributed by atoms with Crippen molar-refractivity contribution in [1.29, 1.82) is 0 Å². The van der Waals surface area contributed by atoms with E-state index in [4.69, 9.17) is 0 Å². The third-order valence-corrected chi connectivity index (χ3v) is 4.60. The summed E-state index contributed by atoms with van der Waals surface area (Å²) in [6.45, 7) is 3.35. The normalized spacial score (nSPS) is 12.8. The van der Waals surface area contributed by atoms with Gasteiger partial charge in [-0.2, -0.15) is 5.10 Å². The molecule has 0 saturated heterocycles. The zero-order valence-electron chi connectivity index (χ0n) is 16.5. The fraction of sp³-hybridized carbons (Fsp3) is 0.227. The molecular weight excluding hydrogens is 370 g/mol. The number of benzene rings is 2. The molecule has 0 spiro atoms. The molecule has 0 fully saturated rings. The van der Waals surface area contributed by atoms with Gasteiger partial charge in [-0.1, -0.05) is 42.5 Å². The first-order chi connectivity index (χ1) is 13.9. The van der Waals surface area contributed by atoms with E-state index >= 15 is 0 Å². The van der Waals surface area contributed by atoms with Crippen molar-refractivity contribution in [1.82, 2.24) is 15.1 Å². The van der Waals surface area contributed by atoms with Gasteiger partial charge in [0.25, 0.3) is 5.91 Å². The highest BCUT2D eigenvalue weighted by Gasteiger charge is 2.29. The number of para-hydroxylation sites is 1. The molecule has 0 unspecified atom stereocenters. The second-order valence-electron chi connectivity index (χ2n) is 6.70. The van der Waals surface area contributed by atoms with Gasteiger partial charge in [0.2, 0.25) is 0 Å². The Morgan fingerprint density at radius 3 is 2.38 bits per heavy atom. The molecule has 2 N–H and O–H groups in total. The van der Waals surface area contributed by atoms with Crippen LogP contribution in [0.4, 0.5) is 0 Å². The number of aromatic nitrogens is 2. The number of hydrogen-bond acceptors (Lipinski definition) is 5. The topological polar surface area (TPSA) is 93.5 Å². The molecule has 1 heterocycles. The van der Waals surface area contributed by atoms with Gasteiger partial charge in [0.05, 0.1) is 24.5 Å². The maximum atomic E-state index is 13.0.